The van der Waals surface area contributed by atoms with E-state index in [4.69, 9.17) is 19.6 Å². The number of hydrogen-bond acceptors (Lipinski definition) is 8. The van der Waals surface area contributed by atoms with Gasteiger partial charge in [0, 0.05) is 35.7 Å². The van der Waals surface area contributed by atoms with E-state index in [0.29, 0.717) is 30.5 Å². The molecule has 5 rings (SSSR count). The molecule has 0 fully saturated rings. The fourth-order valence-corrected chi connectivity index (χ4v) is 5.77. The monoisotopic (exact) mass is 638 g/mol. The second kappa shape index (κ2) is 14.7. The summed E-state index contributed by atoms with van der Waals surface area (Å²) in [7, 11) is 3.23. The molecule has 3 aromatic heterocycles. The Morgan fingerprint density at radius 3 is 2.24 bits per heavy atom. The quantitative estimate of drug-likeness (QED) is 0.136. The second-order valence-electron chi connectivity index (χ2n) is 12.1. The van der Waals surface area contributed by atoms with E-state index >= 15 is 0 Å². The van der Waals surface area contributed by atoms with Crippen molar-refractivity contribution in [3.05, 3.63) is 112 Å². The summed E-state index contributed by atoms with van der Waals surface area (Å²) >= 11 is 1.40. The Kier molecular flexibility index (Phi) is 10.5. The van der Waals surface area contributed by atoms with E-state index in [-0.39, 0.29) is 11.1 Å². The highest BCUT2D eigenvalue weighted by molar-refractivity contribution is 8.00. The first-order valence-corrected chi connectivity index (χ1v) is 16.3. The number of ether oxygens (including phenoxy) is 2. The number of aromatic nitrogens is 5. The molecule has 0 radical (unpaired) electrons. The molecule has 3 heterocycles. The average Bonchev–Trinajstić information content (AvgIpc) is 3.37. The molecule has 1 N–H and O–H groups in total. The molecule has 9 nitrogen and oxygen atoms in total. The molecule has 0 atom stereocenters. The zero-order chi connectivity index (χ0) is 32.7. The Hall–Kier alpha value is -4.57. The topological polar surface area (TPSA) is 96.1 Å². The highest BCUT2D eigenvalue weighted by atomic mass is 32.2. The van der Waals surface area contributed by atoms with Crippen LogP contribution < -0.4 is 19.9 Å². The van der Waals surface area contributed by atoms with Crippen LogP contribution in [-0.4, -0.2) is 38.5 Å². The molecule has 46 heavy (non-hydrogen) atoms. The van der Waals surface area contributed by atoms with Crippen molar-refractivity contribution in [2.45, 2.75) is 70.4 Å². The molecular formula is C36H42N6O3S. The van der Waals surface area contributed by atoms with Crippen LogP contribution in [0.2, 0.25) is 0 Å². The number of benzene rings is 2. The third kappa shape index (κ3) is 7.98. The number of aryl methyl sites for hydroxylation is 2. The van der Waals surface area contributed by atoms with E-state index in [9.17, 15) is 4.79 Å². The van der Waals surface area contributed by atoms with Gasteiger partial charge in [0.2, 0.25) is 5.88 Å². The maximum Gasteiger partial charge on any atom is 0.346 e. The van der Waals surface area contributed by atoms with Gasteiger partial charge in [-0.25, -0.2) is 19.4 Å². The summed E-state index contributed by atoms with van der Waals surface area (Å²) in [6.45, 7) is 9.67. The lowest BCUT2D eigenvalue weighted by atomic mass is 9.87. The minimum atomic E-state index is -0.0540. The second-order valence-corrected chi connectivity index (χ2v) is 13.0. The van der Waals surface area contributed by atoms with Gasteiger partial charge >= 0.3 is 5.69 Å². The maximum atomic E-state index is 13.1. The van der Waals surface area contributed by atoms with Crippen molar-refractivity contribution < 1.29 is 9.47 Å². The Morgan fingerprint density at radius 1 is 0.870 bits per heavy atom. The zero-order valence-electron chi connectivity index (χ0n) is 27.4. The number of nitrogens with zero attached hydrogens (tertiary/aromatic N) is 5. The molecular weight excluding hydrogens is 597 g/mol. The standard InChI is InChI=1S/C36H42N6O3S/c1-7-41-32(39-42(35(41)43)24-26-13-17-28(18-14-26)36(2,3)4)10-8-9-25-11-15-27(16-12-25)30-20-21-31(44-5)34(38-30)40-46-29-19-22-33(45-6)37-23-29/h11-23H,7-10,24H2,1-6H3,(H,38,40). The fraction of sp³-hybridized carbons (Fsp3) is 0.333. The van der Waals surface area contributed by atoms with E-state index in [2.05, 4.69) is 79.0 Å². The summed E-state index contributed by atoms with van der Waals surface area (Å²) in [5, 5.41) is 4.73. The van der Waals surface area contributed by atoms with Gasteiger partial charge < -0.3 is 14.2 Å². The molecule has 0 amide bonds. The van der Waals surface area contributed by atoms with Crippen LogP contribution >= 0.6 is 11.9 Å². The molecule has 0 aliphatic heterocycles. The normalized spacial score (nSPS) is 11.4. The molecule has 0 aliphatic carbocycles. The Balaban J connectivity index is 1.20. The van der Waals surface area contributed by atoms with Gasteiger partial charge in [-0.2, -0.15) is 5.10 Å². The van der Waals surface area contributed by atoms with Crippen molar-refractivity contribution in [2.24, 2.45) is 0 Å². The van der Waals surface area contributed by atoms with Crippen molar-refractivity contribution in [1.82, 2.24) is 24.3 Å². The van der Waals surface area contributed by atoms with Crippen LogP contribution in [0, 0.1) is 0 Å². The highest BCUT2D eigenvalue weighted by Crippen LogP contribution is 2.31. The molecule has 0 spiro atoms. The van der Waals surface area contributed by atoms with Crippen LogP contribution in [0.25, 0.3) is 11.3 Å². The van der Waals surface area contributed by atoms with Gasteiger partial charge in [0.25, 0.3) is 0 Å². The number of rotatable bonds is 13. The summed E-state index contributed by atoms with van der Waals surface area (Å²) in [6.07, 6.45) is 4.25. The maximum absolute atomic E-state index is 13.1. The highest BCUT2D eigenvalue weighted by Gasteiger charge is 2.15. The van der Waals surface area contributed by atoms with Crippen LogP contribution in [0.5, 0.6) is 11.6 Å². The van der Waals surface area contributed by atoms with Crippen molar-refractivity contribution in [3.8, 4) is 22.9 Å². The predicted molar refractivity (Wildman–Crippen MR) is 185 cm³/mol. The zero-order valence-corrected chi connectivity index (χ0v) is 28.2. The van der Waals surface area contributed by atoms with Gasteiger partial charge in [0.15, 0.2) is 11.6 Å². The SMILES string of the molecule is CCn1c(CCCc2ccc(-c3ccc(OC)c(NSc4ccc(OC)nc4)n3)cc2)nn(Cc2ccc(C(C)(C)C)cc2)c1=O. The van der Waals surface area contributed by atoms with E-state index in [1.165, 1.54) is 23.1 Å². The number of anilines is 1. The lowest BCUT2D eigenvalue weighted by Crippen LogP contribution is -2.25. The van der Waals surface area contributed by atoms with Crippen LogP contribution in [0.4, 0.5) is 5.82 Å². The number of nitrogens with one attached hydrogen (secondary N) is 1. The summed E-state index contributed by atoms with van der Waals surface area (Å²) in [4.78, 5) is 23.1. The van der Waals surface area contributed by atoms with E-state index in [1.807, 2.05) is 31.2 Å². The largest absolute Gasteiger partial charge is 0.493 e. The lowest BCUT2D eigenvalue weighted by molar-refractivity contribution is 0.397. The Morgan fingerprint density at radius 2 is 1.61 bits per heavy atom. The van der Waals surface area contributed by atoms with Gasteiger partial charge in [-0.15, -0.1) is 0 Å². The van der Waals surface area contributed by atoms with Gasteiger partial charge in [-0.05, 0) is 72.0 Å². The molecule has 2 aromatic carbocycles. The molecule has 0 bridgehead atoms. The first-order chi connectivity index (χ1) is 22.2. The molecule has 0 unspecified atom stereocenters. The van der Waals surface area contributed by atoms with Gasteiger partial charge in [0.1, 0.15) is 5.82 Å². The Bertz CT molecular complexity index is 1790. The minimum absolute atomic E-state index is 0.0540. The van der Waals surface area contributed by atoms with Gasteiger partial charge in [0.05, 0.1) is 26.5 Å². The Labute approximate surface area is 275 Å². The third-order valence-corrected chi connectivity index (χ3v) is 8.62. The number of hydrogen-bond donors (Lipinski definition) is 1. The first-order valence-electron chi connectivity index (χ1n) is 15.5. The van der Waals surface area contributed by atoms with E-state index in [1.54, 1.807) is 29.7 Å². The van der Waals surface area contributed by atoms with Crippen LogP contribution in [-0.2, 0) is 31.3 Å². The molecule has 5 aromatic rings. The summed E-state index contributed by atoms with van der Waals surface area (Å²) < 4.78 is 17.3. The van der Waals surface area contributed by atoms with Gasteiger partial charge in [-0.3, -0.25) is 4.57 Å². The molecule has 0 saturated heterocycles. The molecule has 240 valence electrons. The molecule has 0 saturated carbocycles. The average molecular weight is 639 g/mol. The number of pyridine rings is 2. The molecule has 10 heteroatoms. The van der Waals surface area contributed by atoms with Crippen LogP contribution in [0.1, 0.15) is 56.6 Å². The first kappa shape index (κ1) is 32.8. The lowest BCUT2D eigenvalue weighted by Gasteiger charge is -2.19. The summed E-state index contributed by atoms with van der Waals surface area (Å²) in [5.74, 6) is 2.69. The van der Waals surface area contributed by atoms with Gasteiger partial charge in [-0.1, -0.05) is 69.3 Å². The van der Waals surface area contributed by atoms with Crippen molar-refractivity contribution in [3.63, 3.8) is 0 Å². The number of methoxy groups -OCH3 is 2. The van der Waals surface area contributed by atoms with Crippen molar-refractivity contribution in [2.75, 3.05) is 18.9 Å². The van der Waals surface area contributed by atoms with Crippen LogP contribution in [0.15, 0.2) is 88.7 Å². The van der Waals surface area contributed by atoms with Crippen molar-refractivity contribution >= 4 is 17.8 Å². The van der Waals surface area contributed by atoms with E-state index < -0.39 is 0 Å². The van der Waals surface area contributed by atoms with Crippen LogP contribution in [0.3, 0.4) is 0 Å². The minimum Gasteiger partial charge on any atom is -0.493 e. The van der Waals surface area contributed by atoms with Crippen molar-refractivity contribution in [1.29, 1.82) is 0 Å². The predicted octanol–water partition coefficient (Wildman–Crippen LogP) is 7.18. The fourth-order valence-electron chi connectivity index (χ4n) is 5.17. The summed E-state index contributed by atoms with van der Waals surface area (Å²) in [5.41, 5.74) is 5.47. The third-order valence-electron chi connectivity index (χ3n) is 7.85. The van der Waals surface area contributed by atoms with E-state index in [0.717, 1.165) is 46.8 Å². The molecule has 0 aliphatic rings. The summed E-state index contributed by atoms with van der Waals surface area (Å²) in [6, 6.07) is 24.6. The smallest absolute Gasteiger partial charge is 0.346 e.